The van der Waals surface area contributed by atoms with Gasteiger partial charge in [-0.3, -0.25) is 0 Å². The molecule has 18 heavy (non-hydrogen) atoms. The van der Waals surface area contributed by atoms with Crippen molar-refractivity contribution in [3.8, 4) is 11.5 Å². The maximum absolute atomic E-state index is 13.8. The molecular weight excluding hydrogens is 253 g/mol. The molecule has 0 bridgehead atoms. The molecule has 2 N–H and O–H groups in total. The van der Waals surface area contributed by atoms with Crippen LogP contribution in [-0.4, -0.2) is 0 Å². The SMILES string of the molecule is Cc1cccc(Oc2ccc(CN)cc2Cl)c1F. The van der Waals surface area contributed by atoms with Gasteiger partial charge in [-0.05, 0) is 36.2 Å². The Hall–Kier alpha value is -1.58. The summed E-state index contributed by atoms with van der Waals surface area (Å²) in [7, 11) is 0. The Morgan fingerprint density at radius 2 is 2.00 bits per heavy atom. The number of aryl methyl sites for hydroxylation is 1. The number of benzene rings is 2. The summed E-state index contributed by atoms with van der Waals surface area (Å²) in [5, 5.41) is 0.416. The van der Waals surface area contributed by atoms with E-state index < -0.39 is 0 Å². The molecule has 0 aromatic heterocycles. The van der Waals surface area contributed by atoms with Crippen LogP contribution in [0.4, 0.5) is 4.39 Å². The summed E-state index contributed by atoms with van der Waals surface area (Å²) < 4.78 is 19.2. The molecule has 0 aliphatic rings. The van der Waals surface area contributed by atoms with Crippen LogP contribution in [-0.2, 0) is 6.54 Å². The van der Waals surface area contributed by atoms with Crippen molar-refractivity contribution < 1.29 is 9.13 Å². The van der Waals surface area contributed by atoms with Crippen molar-refractivity contribution in [1.82, 2.24) is 0 Å². The second kappa shape index (κ2) is 5.38. The van der Waals surface area contributed by atoms with Gasteiger partial charge < -0.3 is 10.5 Å². The van der Waals surface area contributed by atoms with Gasteiger partial charge in [0, 0.05) is 6.54 Å². The second-order valence-electron chi connectivity index (χ2n) is 3.96. The van der Waals surface area contributed by atoms with Crippen molar-refractivity contribution >= 4 is 11.6 Å². The minimum absolute atomic E-state index is 0.164. The first-order valence-corrected chi connectivity index (χ1v) is 5.91. The fourth-order valence-corrected chi connectivity index (χ4v) is 1.81. The highest BCUT2D eigenvalue weighted by atomic mass is 35.5. The molecule has 0 spiro atoms. The van der Waals surface area contributed by atoms with Crippen LogP contribution in [0.25, 0.3) is 0 Å². The van der Waals surface area contributed by atoms with Crippen LogP contribution in [0.2, 0.25) is 5.02 Å². The molecule has 0 amide bonds. The number of hydrogen-bond donors (Lipinski definition) is 1. The third-order valence-electron chi connectivity index (χ3n) is 2.61. The maximum Gasteiger partial charge on any atom is 0.168 e. The first kappa shape index (κ1) is 12.9. The summed E-state index contributed by atoms with van der Waals surface area (Å²) in [5.41, 5.74) is 6.94. The molecule has 0 radical (unpaired) electrons. The highest BCUT2D eigenvalue weighted by Gasteiger charge is 2.09. The van der Waals surface area contributed by atoms with Crippen molar-refractivity contribution in [3.05, 3.63) is 58.4 Å². The lowest BCUT2D eigenvalue weighted by Crippen LogP contribution is -1.97. The van der Waals surface area contributed by atoms with Crippen LogP contribution in [0.5, 0.6) is 11.5 Å². The molecule has 4 heteroatoms. The van der Waals surface area contributed by atoms with Crippen molar-refractivity contribution in [2.75, 3.05) is 0 Å². The number of halogens is 2. The third kappa shape index (κ3) is 2.63. The number of hydrogen-bond acceptors (Lipinski definition) is 2. The van der Waals surface area contributed by atoms with E-state index in [2.05, 4.69) is 0 Å². The van der Waals surface area contributed by atoms with Crippen molar-refractivity contribution in [2.45, 2.75) is 13.5 Å². The van der Waals surface area contributed by atoms with Crippen LogP contribution in [0.15, 0.2) is 36.4 Å². The highest BCUT2D eigenvalue weighted by molar-refractivity contribution is 6.32. The minimum Gasteiger partial charge on any atom is -0.453 e. The summed E-state index contributed by atoms with van der Waals surface area (Å²) in [6, 6.07) is 10.2. The van der Waals surface area contributed by atoms with E-state index in [-0.39, 0.29) is 11.6 Å². The maximum atomic E-state index is 13.8. The van der Waals surface area contributed by atoms with E-state index >= 15 is 0 Å². The molecule has 2 aromatic rings. The van der Waals surface area contributed by atoms with Gasteiger partial charge in [0.2, 0.25) is 0 Å². The van der Waals surface area contributed by atoms with Crippen molar-refractivity contribution in [1.29, 1.82) is 0 Å². The minimum atomic E-state index is -0.378. The normalized spacial score (nSPS) is 10.4. The molecule has 0 saturated carbocycles. The predicted molar refractivity (Wildman–Crippen MR) is 70.6 cm³/mol. The Balaban J connectivity index is 2.31. The van der Waals surface area contributed by atoms with Crippen LogP contribution >= 0.6 is 11.6 Å². The zero-order valence-electron chi connectivity index (χ0n) is 9.91. The third-order valence-corrected chi connectivity index (χ3v) is 2.90. The smallest absolute Gasteiger partial charge is 0.168 e. The molecule has 94 valence electrons. The molecule has 2 aromatic carbocycles. The van der Waals surface area contributed by atoms with Crippen molar-refractivity contribution in [3.63, 3.8) is 0 Å². The fourth-order valence-electron chi connectivity index (χ4n) is 1.57. The van der Waals surface area contributed by atoms with Gasteiger partial charge in [-0.15, -0.1) is 0 Å². The van der Waals surface area contributed by atoms with Gasteiger partial charge in [-0.1, -0.05) is 29.8 Å². The lowest BCUT2D eigenvalue weighted by Gasteiger charge is -2.10. The van der Waals surface area contributed by atoms with E-state index in [0.717, 1.165) is 5.56 Å². The van der Waals surface area contributed by atoms with E-state index in [1.54, 1.807) is 43.3 Å². The Morgan fingerprint density at radius 3 is 2.67 bits per heavy atom. The number of ether oxygens (including phenoxy) is 1. The van der Waals surface area contributed by atoms with Crippen LogP contribution < -0.4 is 10.5 Å². The summed E-state index contributed by atoms with van der Waals surface area (Å²) in [6.07, 6.45) is 0. The lowest BCUT2D eigenvalue weighted by atomic mass is 10.2. The molecule has 0 atom stereocenters. The van der Waals surface area contributed by atoms with E-state index in [4.69, 9.17) is 22.1 Å². The average molecular weight is 266 g/mol. The predicted octanol–water partition coefficient (Wildman–Crippen LogP) is 4.04. The highest BCUT2D eigenvalue weighted by Crippen LogP contribution is 2.32. The Labute approximate surface area is 110 Å². The summed E-state index contributed by atoms with van der Waals surface area (Å²) in [5.74, 6) is 0.201. The van der Waals surface area contributed by atoms with Crippen LogP contribution in [0, 0.1) is 12.7 Å². The van der Waals surface area contributed by atoms with E-state index in [0.29, 0.717) is 22.9 Å². The van der Waals surface area contributed by atoms with Gasteiger partial charge >= 0.3 is 0 Å². The quantitative estimate of drug-likeness (QED) is 0.909. The average Bonchev–Trinajstić information content (AvgIpc) is 2.37. The summed E-state index contributed by atoms with van der Waals surface area (Å²) >= 11 is 6.05. The monoisotopic (exact) mass is 265 g/mol. The molecule has 0 aliphatic carbocycles. The number of rotatable bonds is 3. The zero-order valence-corrected chi connectivity index (χ0v) is 10.7. The van der Waals surface area contributed by atoms with E-state index in [1.807, 2.05) is 0 Å². The van der Waals surface area contributed by atoms with Crippen molar-refractivity contribution in [2.24, 2.45) is 5.73 Å². The second-order valence-corrected chi connectivity index (χ2v) is 4.37. The van der Waals surface area contributed by atoms with Gasteiger partial charge in [-0.25, -0.2) is 4.39 Å². The summed E-state index contributed by atoms with van der Waals surface area (Å²) in [6.45, 7) is 2.08. The Bertz CT molecular complexity index is 572. The molecule has 0 saturated heterocycles. The van der Waals surface area contributed by atoms with Crippen LogP contribution in [0.3, 0.4) is 0 Å². The Morgan fingerprint density at radius 1 is 1.22 bits per heavy atom. The molecule has 0 heterocycles. The van der Waals surface area contributed by atoms with E-state index in [1.165, 1.54) is 0 Å². The number of nitrogens with two attached hydrogens (primary N) is 1. The fraction of sp³-hybridized carbons (Fsp3) is 0.143. The summed E-state index contributed by atoms with van der Waals surface area (Å²) in [4.78, 5) is 0. The first-order chi connectivity index (χ1) is 8.61. The largest absolute Gasteiger partial charge is 0.453 e. The first-order valence-electron chi connectivity index (χ1n) is 5.53. The Kier molecular flexibility index (Phi) is 3.84. The molecule has 0 fully saturated rings. The molecule has 0 aliphatic heterocycles. The van der Waals surface area contributed by atoms with Gasteiger partial charge in [0.1, 0.15) is 5.75 Å². The van der Waals surface area contributed by atoms with Gasteiger partial charge in [0.25, 0.3) is 0 Å². The molecule has 0 unspecified atom stereocenters. The van der Waals surface area contributed by atoms with Gasteiger partial charge in [0.05, 0.1) is 5.02 Å². The van der Waals surface area contributed by atoms with E-state index in [9.17, 15) is 4.39 Å². The topological polar surface area (TPSA) is 35.2 Å². The standard InChI is InChI=1S/C14H13ClFNO/c1-9-3-2-4-13(14(9)16)18-12-6-5-10(8-17)7-11(12)15/h2-7H,8,17H2,1H3. The molecule has 2 nitrogen and oxygen atoms in total. The zero-order chi connectivity index (χ0) is 13.1. The molecule has 2 rings (SSSR count). The molecular formula is C14H13ClFNO. The van der Waals surface area contributed by atoms with Gasteiger partial charge in [0.15, 0.2) is 11.6 Å². The van der Waals surface area contributed by atoms with Crippen LogP contribution in [0.1, 0.15) is 11.1 Å². The lowest BCUT2D eigenvalue weighted by molar-refractivity contribution is 0.440. The van der Waals surface area contributed by atoms with Gasteiger partial charge in [-0.2, -0.15) is 0 Å².